The predicted octanol–water partition coefficient (Wildman–Crippen LogP) is 2.67. The van der Waals surface area contributed by atoms with E-state index in [1.165, 1.54) is 0 Å². The molecule has 0 aliphatic carbocycles. The van der Waals surface area contributed by atoms with Crippen molar-refractivity contribution in [3.8, 4) is 0 Å². The molecule has 0 N–H and O–H groups in total. The normalized spacial score (nSPS) is 12.7. The van der Waals surface area contributed by atoms with E-state index in [1.54, 1.807) is 11.3 Å². The highest BCUT2D eigenvalue weighted by atomic mass is 32.1. The van der Waals surface area contributed by atoms with Crippen molar-refractivity contribution in [2.75, 3.05) is 0 Å². The van der Waals surface area contributed by atoms with Crippen molar-refractivity contribution in [1.82, 2.24) is 4.98 Å². The van der Waals surface area contributed by atoms with Crippen LogP contribution in [0.15, 0.2) is 10.4 Å². The van der Waals surface area contributed by atoms with E-state index in [2.05, 4.69) is 30.7 Å². The van der Waals surface area contributed by atoms with E-state index < -0.39 is 0 Å². The summed E-state index contributed by atoms with van der Waals surface area (Å²) in [5.74, 6) is 0. The van der Waals surface area contributed by atoms with Crippen molar-refractivity contribution in [2.45, 2.75) is 33.2 Å². The van der Waals surface area contributed by atoms with Crippen LogP contribution in [0.5, 0.6) is 0 Å². The molecule has 1 rings (SSSR count). The van der Waals surface area contributed by atoms with Gasteiger partial charge in [0.1, 0.15) is 5.01 Å². The molecule has 1 aromatic heterocycles. The summed E-state index contributed by atoms with van der Waals surface area (Å²) in [7, 11) is 0. The van der Waals surface area contributed by atoms with Crippen LogP contribution in [0.4, 0.5) is 0 Å². The SMILES string of the molecule is Cc1csc(C=NC(C)(C)C)n1. The van der Waals surface area contributed by atoms with Gasteiger partial charge in [-0.15, -0.1) is 11.3 Å². The monoisotopic (exact) mass is 182 g/mol. The summed E-state index contributed by atoms with van der Waals surface area (Å²) in [6.45, 7) is 8.21. The topological polar surface area (TPSA) is 25.2 Å². The second kappa shape index (κ2) is 3.35. The summed E-state index contributed by atoms with van der Waals surface area (Å²) < 4.78 is 0. The van der Waals surface area contributed by atoms with Crippen molar-refractivity contribution in [1.29, 1.82) is 0 Å². The summed E-state index contributed by atoms with van der Waals surface area (Å²) in [5, 5.41) is 3.02. The maximum absolute atomic E-state index is 4.36. The van der Waals surface area contributed by atoms with Crippen LogP contribution >= 0.6 is 11.3 Å². The molecule has 0 radical (unpaired) electrons. The molecule has 0 aromatic carbocycles. The van der Waals surface area contributed by atoms with Gasteiger partial charge >= 0.3 is 0 Å². The third-order valence-electron chi connectivity index (χ3n) is 1.20. The standard InChI is InChI=1S/C9H14N2S/c1-7-6-12-8(11-7)5-10-9(2,3)4/h5-6H,1-4H3. The van der Waals surface area contributed by atoms with Gasteiger partial charge in [-0.25, -0.2) is 4.98 Å². The Balaban J connectivity index is 2.70. The average molecular weight is 182 g/mol. The summed E-state index contributed by atoms with van der Waals surface area (Å²) in [6, 6.07) is 0. The molecule has 0 aliphatic heterocycles. The zero-order valence-corrected chi connectivity index (χ0v) is 8.77. The maximum Gasteiger partial charge on any atom is 0.134 e. The first-order chi connectivity index (χ1) is 5.47. The highest BCUT2D eigenvalue weighted by Crippen LogP contribution is 2.09. The van der Waals surface area contributed by atoms with Gasteiger partial charge in [-0.2, -0.15) is 0 Å². The fraction of sp³-hybridized carbons (Fsp3) is 0.556. The van der Waals surface area contributed by atoms with Gasteiger partial charge < -0.3 is 0 Å². The van der Waals surface area contributed by atoms with Gasteiger partial charge in [0.15, 0.2) is 0 Å². The Morgan fingerprint density at radius 3 is 2.58 bits per heavy atom. The number of rotatable bonds is 1. The maximum atomic E-state index is 4.36. The van der Waals surface area contributed by atoms with Crippen LogP contribution in [-0.4, -0.2) is 16.7 Å². The van der Waals surface area contributed by atoms with Gasteiger partial charge in [0, 0.05) is 11.1 Å². The number of aromatic nitrogens is 1. The molecule has 66 valence electrons. The third kappa shape index (κ3) is 3.13. The summed E-state index contributed by atoms with van der Waals surface area (Å²) in [6.07, 6.45) is 1.84. The number of aryl methyl sites for hydroxylation is 1. The van der Waals surface area contributed by atoms with Crippen molar-refractivity contribution in [3.63, 3.8) is 0 Å². The second-order valence-corrected chi connectivity index (χ2v) is 4.65. The molecule has 0 bridgehead atoms. The minimum absolute atomic E-state index is 0.000422. The Morgan fingerprint density at radius 2 is 2.17 bits per heavy atom. The molecule has 0 saturated carbocycles. The largest absolute Gasteiger partial charge is 0.284 e. The van der Waals surface area contributed by atoms with Crippen molar-refractivity contribution in [2.24, 2.45) is 4.99 Å². The van der Waals surface area contributed by atoms with Crippen LogP contribution in [0, 0.1) is 6.92 Å². The van der Waals surface area contributed by atoms with Gasteiger partial charge in [-0.1, -0.05) is 0 Å². The smallest absolute Gasteiger partial charge is 0.134 e. The molecule has 0 saturated heterocycles. The number of thiazole rings is 1. The first-order valence-electron chi connectivity index (χ1n) is 3.95. The van der Waals surface area contributed by atoms with Gasteiger partial charge in [-0.3, -0.25) is 4.99 Å². The van der Waals surface area contributed by atoms with Crippen LogP contribution in [0.1, 0.15) is 31.5 Å². The predicted molar refractivity (Wildman–Crippen MR) is 54.2 cm³/mol. The number of aliphatic imine (C=N–C) groups is 1. The van der Waals surface area contributed by atoms with Crippen LogP contribution in [0.25, 0.3) is 0 Å². The molecule has 1 aromatic rings. The summed E-state index contributed by atoms with van der Waals surface area (Å²) in [5.41, 5.74) is 1.06. The van der Waals surface area contributed by atoms with Crippen molar-refractivity contribution >= 4 is 17.6 Å². The Kier molecular flexibility index (Phi) is 2.62. The van der Waals surface area contributed by atoms with E-state index in [0.29, 0.717) is 0 Å². The third-order valence-corrected chi connectivity index (χ3v) is 2.10. The van der Waals surface area contributed by atoms with Gasteiger partial charge in [0.2, 0.25) is 0 Å². The summed E-state index contributed by atoms with van der Waals surface area (Å²) >= 11 is 1.63. The number of nitrogens with zero attached hydrogens (tertiary/aromatic N) is 2. The Morgan fingerprint density at radius 1 is 1.50 bits per heavy atom. The minimum Gasteiger partial charge on any atom is -0.284 e. The molecule has 12 heavy (non-hydrogen) atoms. The van der Waals surface area contributed by atoms with Gasteiger partial charge in [-0.05, 0) is 27.7 Å². The van der Waals surface area contributed by atoms with E-state index in [4.69, 9.17) is 0 Å². The van der Waals surface area contributed by atoms with E-state index in [0.717, 1.165) is 10.7 Å². The average Bonchev–Trinajstić information content (AvgIpc) is 2.30. The summed E-state index contributed by atoms with van der Waals surface area (Å²) in [4.78, 5) is 8.65. The molecule has 1 heterocycles. The quantitative estimate of drug-likeness (QED) is 0.613. The molecule has 0 atom stereocenters. The zero-order chi connectivity index (χ0) is 9.19. The van der Waals surface area contributed by atoms with E-state index >= 15 is 0 Å². The molecule has 3 heteroatoms. The van der Waals surface area contributed by atoms with Crippen LogP contribution in [-0.2, 0) is 0 Å². The fourth-order valence-electron chi connectivity index (χ4n) is 0.680. The van der Waals surface area contributed by atoms with Crippen molar-refractivity contribution in [3.05, 3.63) is 16.1 Å². The lowest BCUT2D eigenvalue weighted by atomic mass is 10.1. The van der Waals surface area contributed by atoms with E-state index in [9.17, 15) is 0 Å². The van der Waals surface area contributed by atoms with E-state index in [1.807, 2.05) is 18.5 Å². The molecular weight excluding hydrogens is 168 g/mol. The van der Waals surface area contributed by atoms with Crippen LogP contribution in [0.2, 0.25) is 0 Å². The fourth-order valence-corrected chi connectivity index (χ4v) is 1.33. The Labute approximate surface area is 77.4 Å². The minimum atomic E-state index is -0.000422. The lowest BCUT2D eigenvalue weighted by Gasteiger charge is -2.09. The van der Waals surface area contributed by atoms with Crippen LogP contribution < -0.4 is 0 Å². The molecule has 0 unspecified atom stereocenters. The van der Waals surface area contributed by atoms with Gasteiger partial charge in [0.05, 0.1) is 11.8 Å². The van der Waals surface area contributed by atoms with Crippen LogP contribution in [0.3, 0.4) is 0 Å². The van der Waals surface area contributed by atoms with Crippen molar-refractivity contribution < 1.29 is 0 Å². The molecule has 0 spiro atoms. The highest BCUT2D eigenvalue weighted by Gasteiger charge is 2.05. The lowest BCUT2D eigenvalue weighted by Crippen LogP contribution is -2.09. The Hall–Kier alpha value is -0.700. The molecular formula is C9H14N2S. The van der Waals surface area contributed by atoms with Gasteiger partial charge in [0.25, 0.3) is 0 Å². The lowest BCUT2D eigenvalue weighted by molar-refractivity contribution is 0.586. The second-order valence-electron chi connectivity index (χ2n) is 3.76. The Bertz CT molecular complexity index is 281. The number of hydrogen-bond donors (Lipinski definition) is 0. The number of hydrogen-bond acceptors (Lipinski definition) is 3. The zero-order valence-electron chi connectivity index (χ0n) is 7.96. The first kappa shape index (κ1) is 9.39. The molecule has 0 aliphatic rings. The molecule has 0 amide bonds. The molecule has 2 nitrogen and oxygen atoms in total. The highest BCUT2D eigenvalue weighted by molar-refractivity contribution is 7.11. The first-order valence-corrected chi connectivity index (χ1v) is 4.83. The van der Waals surface area contributed by atoms with E-state index in [-0.39, 0.29) is 5.54 Å². The molecule has 0 fully saturated rings.